The fraction of sp³-hybridized carbons (Fsp3) is 0.348. The maximum atomic E-state index is 14.4. The first-order valence-corrected chi connectivity index (χ1v) is 10.2. The summed E-state index contributed by atoms with van der Waals surface area (Å²) in [7, 11) is 0. The van der Waals surface area contributed by atoms with E-state index in [4.69, 9.17) is 0 Å². The molecule has 1 aromatic heterocycles. The summed E-state index contributed by atoms with van der Waals surface area (Å²) in [6.07, 6.45) is -5.38. The molecule has 0 bridgehead atoms. The Labute approximate surface area is 185 Å². The van der Waals surface area contributed by atoms with Crippen LogP contribution >= 0.6 is 0 Å². The lowest BCUT2D eigenvalue weighted by atomic mass is 9.59. The topological polar surface area (TPSA) is 92.4 Å². The second-order valence-electron chi connectivity index (χ2n) is 8.42. The number of hydrogen-bond donors (Lipinski definition) is 2. The van der Waals surface area contributed by atoms with Gasteiger partial charge in [0, 0.05) is 22.9 Å². The number of anilines is 1. The van der Waals surface area contributed by atoms with Gasteiger partial charge < -0.3 is 14.9 Å². The van der Waals surface area contributed by atoms with Crippen LogP contribution in [0.3, 0.4) is 0 Å². The molecular weight excluding hydrogens is 444 g/mol. The number of carbonyl (C=O) groups is 1. The summed E-state index contributed by atoms with van der Waals surface area (Å²) in [4.78, 5) is 24.6. The van der Waals surface area contributed by atoms with Gasteiger partial charge in [0.25, 0.3) is 5.91 Å². The Balaban J connectivity index is 1.70. The Morgan fingerprint density at radius 1 is 1.18 bits per heavy atom. The van der Waals surface area contributed by atoms with Gasteiger partial charge in [0.2, 0.25) is 5.60 Å². The molecule has 33 heavy (non-hydrogen) atoms. The van der Waals surface area contributed by atoms with Crippen LogP contribution in [0.25, 0.3) is 10.8 Å². The number of rotatable bonds is 5. The van der Waals surface area contributed by atoms with E-state index >= 15 is 0 Å². The number of nitrogens with zero attached hydrogens (tertiary/aromatic N) is 1. The van der Waals surface area contributed by atoms with E-state index in [2.05, 4.69) is 15.0 Å². The molecule has 0 saturated heterocycles. The summed E-state index contributed by atoms with van der Waals surface area (Å²) in [6, 6.07) is 9.24. The highest BCUT2D eigenvalue weighted by Crippen LogP contribution is 2.52. The van der Waals surface area contributed by atoms with Gasteiger partial charge >= 0.3 is 11.8 Å². The summed E-state index contributed by atoms with van der Waals surface area (Å²) >= 11 is 0. The zero-order valence-electron chi connectivity index (χ0n) is 17.5. The average molecular weight is 464 g/mol. The van der Waals surface area contributed by atoms with Crippen LogP contribution in [0.15, 0.2) is 51.8 Å². The molecule has 1 aliphatic rings. The molecule has 10 heteroatoms. The van der Waals surface area contributed by atoms with Crippen LogP contribution in [-0.2, 0) is 10.2 Å². The first kappa shape index (κ1) is 22.9. The molecule has 1 heterocycles. The molecule has 174 valence electrons. The Morgan fingerprint density at radius 2 is 1.88 bits per heavy atom. The normalized spacial score (nSPS) is 17.3. The van der Waals surface area contributed by atoms with E-state index < -0.39 is 41.0 Å². The van der Waals surface area contributed by atoms with Gasteiger partial charge in [0.15, 0.2) is 0 Å². The van der Waals surface area contributed by atoms with Gasteiger partial charge in [-0.3, -0.25) is 4.79 Å². The zero-order valence-corrected chi connectivity index (χ0v) is 17.5. The van der Waals surface area contributed by atoms with Crippen LogP contribution in [0, 0.1) is 12.7 Å². The molecule has 2 N–H and O–H groups in total. The quantitative estimate of drug-likeness (QED) is 0.547. The molecule has 0 aliphatic heterocycles. The molecule has 0 spiro atoms. The van der Waals surface area contributed by atoms with Gasteiger partial charge in [-0.05, 0) is 49.6 Å². The number of benzene rings is 2. The minimum Gasteiger partial charge on any atom is -0.373 e. The Bertz CT molecular complexity index is 1280. The minimum absolute atomic E-state index is 0.0471. The molecule has 1 saturated carbocycles. The number of nitrogens with one attached hydrogen (secondary N) is 1. The minimum atomic E-state index is -5.32. The third-order valence-electron chi connectivity index (χ3n) is 6.35. The van der Waals surface area contributed by atoms with Crippen molar-refractivity contribution in [3.05, 3.63) is 70.0 Å². The molecular formula is C23H20F4N2O4. The molecule has 1 aliphatic carbocycles. The molecule has 1 atom stereocenters. The highest BCUT2D eigenvalue weighted by Gasteiger charge is 2.63. The van der Waals surface area contributed by atoms with Crippen LogP contribution in [0.2, 0.25) is 0 Å². The second-order valence-corrected chi connectivity index (χ2v) is 8.42. The Hall–Kier alpha value is -3.27. The summed E-state index contributed by atoms with van der Waals surface area (Å²) in [5.74, 6) is -2.37. The Morgan fingerprint density at radius 3 is 2.48 bits per heavy atom. The van der Waals surface area contributed by atoms with E-state index in [9.17, 15) is 32.3 Å². The maximum absolute atomic E-state index is 14.4. The van der Waals surface area contributed by atoms with Crippen molar-refractivity contribution < 1.29 is 32.0 Å². The van der Waals surface area contributed by atoms with Crippen molar-refractivity contribution in [2.45, 2.75) is 49.8 Å². The molecule has 1 unspecified atom stereocenters. The summed E-state index contributed by atoms with van der Waals surface area (Å²) in [6.45, 7) is 1.53. The van der Waals surface area contributed by atoms with Gasteiger partial charge in [0.1, 0.15) is 5.82 Å². The number of alkyl halides is 3. The third-order valence-corrected chi connectivity index (χ3v) is 6.35. The van der Waals surface area contributed by atoms with Crippen LogP contribution in [0.5, 0.6) is 0 Å². The van der Waals surface area contributed by atoms with Crippen molar-refractivity contribution in [3.63, 3.8) is 0 Å². The molecule has 1 amide bonds. The third kappa shape index (κ3) is 3.88. The SMILES string of the molecule is Cc1noc(=O)c2ccc(NC(=O)C(O)(CC3(c4ccccc4F)CCC3)C(F)(F)F)cc12. The molecule has 1 fully saturated rings. The van der Waals surface area contributed by atoms with E-state index in [-0.39, 0.29) is 34.9 Å². The summed E-state index contributed by atoms with van der Waals surface area (Å²) in [5.41, 5.74) is -5.56. The molecule has 4 rings (SSSR count). The number of halogens is 4. The van der Waals surface area contributed by atoms with E-state index in [0.29, 0.717) is 12.1 Å². The van der Waals surface area contributed by atoms with E-state index in [0.717, 1.165) is 6.07 Å². The Kier molecular flexibility index (Phi) is 5.52. The van der Waals surface area contributed by atoms with Gasteiger partial charge in [-0.1, -0.05) is 29.8 Å². The number of hydrogen-bond acceptors (Lipinski definition) is 5. The van der Waals surface area contributed by atoms with E-state index in [1.165, 1.54) is 43.3 Å². The van der Waals surface area contributed by atoms with Gasteiger partial charge in [-0.25, -0.2) is 9.18 Å². The van der Waals surface area contributed by atoms with Crippen molar-refractivity contribution in [2.24, 2.45) is 0 Å². The van der Waals surface area contributed by atoms with Crippen molar-refractivity contribution in [1.82, 2.24) is 5.16 Å². The lowest BCUT2D eigenvalue weighted by Gasteiger charge is -2.47. The van der Waals surface area contributed by atoms with Gasteiger partial charge in [0.05, 0.1) is 11.1 Å². The smallest absolute Gasteiger partial charge is 0.373 e. The second kappa shape index (κ2) is 7.95. The molecule has 2 aromatic carbocycles. The van der Waals surface area contributed by atoms with Crippen LogP contribution < -0.4 is 10.9 Å². The largest absolute Gasteiger partial charge is 0.426 e. The number of aryl methyl sites for hydroxylation is 1. The lowest BCUT2D eigenvalue weighted by Crippen LogP contribution is -2.59. The van der Waals surface area contributed by atoms with Gasteiger partial charge in [-0.2, -0.15) is 13.2 Å². The van der Waals surface area contributed by atoms with Crippen molar-refractivity contribution >= 4 is 22.4 Å². The van der Waals surface area contributed by atoms with Crippen molar-refractivity contribution in [3.8, 4) is 0 Å². The zero-order chi connectivity index (χ0) is 24.0. The summed E-state index contributed by atoms with van der Waals surface area (Å²) < 4.78 is 61.2. The van der Waals surface area contributed by atoms with Crippen LogP contribution in [0.1, 0.15) is 36.9 Å². The molecule has 6 nitrogen and oxygen atoms in total. The number of carbonyl (C=O) groups excluding carboxylic acids is 1. The van der Waals surface area contributed by atoms with Gasteiger partial charge in [-0.15, -0.1) is 0 Å². The fourth-order valence-corrected chi connectivity index (χ4v) is 4.38. The van der Waals surface area contributed by atoms with Crippen molar-refractivity contribution in [2.75, 3.05) is 5.32 Å². The summed E-state index contributed by atoms with van der Waals surface area (Å²) in [5, 5.41) is 16.8. The average Bonchev–Trinajstić information content (AvgIpc) is 2.73. The van der Waals surface area contributed by atoms with E-state index in [1.807, 2.05) is 0 Å². The monoisotopic (exact) mass is 464 g/mol. The number of aromatic nitrogens is 1. The standard InChI is InChI=1S/C23H20F4N2O4/c1-13-16-11-14(7-8-15(16)19(30)33-29-13)28-20(31)22(32,23(25,26)27)12-21(9-4-10-21)17-5-2-3-6-18(17)24/h2-3,5-8,11,32H,4,9-10,12H2,1H3,(H,28,31). The highest BCUT2D eigenvalue weighted by atomic mass is 19.4. The van der Waals surface area contributed by atoms with Crippen LogP contribution in [0.4, 0.5) is 23.2 Å². The predicted octanol–water partition coefficient (Wildman–Crippen LogP) is 4.38. The highest BCUT2D eigenvalue weighted by molar-refractivity contribution is 5.99. The maximum Gasteiger partial charge on any atom is 0.426 e. The van der Waals surface area contributed by atoms with E-state index in [1.54, 1.807) is 0 Å². The first-order valence-electron chi connectivity index (χ1n) is 10.2. The van der Waals surface area contributed by atoms with Crippen molar-refractivity contribution in [1.29, 1.82) is 0 Å². The van der Waals surface area contributed by atoms with Crippen LogP contribution in [-0.4, -0.2) is 27.9 Å². The fourth-order valence-electron chi connectivity index (χ4n) is 4.38. The number of aliphatic hydroxyl groups is 1. The first-order chi connectivity index (χ1) is 15.5. The molecule has 3 aromatic rings. The predicted molar refractivity (Wildman–Crippen MR) is 111 cm³/mol. The lowest BCUT2D eigenvalue weighted by molar-refractivity contribution is -0.257. The number of fused-ring (bicyclic) bond motifs is 1. The number of amides is 1. The molecule has 0 radical (unpaired) electrons.